The van der Waals surface area contributed by atoms with Gasteiger partial charge in [0.25, 0.3) is 0 Å². The van der Waals surface area contributed by atoms with Gasteiger partial charge in [0.05, 0.1) is 11.7 Å². The monoisotopic (exact) mass is 414 g/mol. The number of fused-ring (bicyclic) bond motifs is 3. The fourth-order valence-corrected chi connectivity index (χ4v) is 3.71. The van der Waals surface area contributed by atoms with Gasteiger partial charge in [0.15, 0.2) is 0 Å². The van der Waals surface area contributed by atoms with Gasteiger partial charge in [-0.15, -0.1) is 4.68 Å². The summed E-state index contributed by atoms with van der Waals surface area (Å²) in [7, 11) is 0. The number of H-pyrrole nitrogens is 2. The molecule has 0 radical (unpaired) electrons. The first-order valence-corrected chi connectivity index (χ1v) is 10.6. The molecular formula is C25H26N4O2. The average Bonchev–Trinajstić information content (AvgIpc) is 3.12. The van der Waals surface area contributed by atoms with Gasteiger partial charge in [-0.1, -0.05) is 67.8 Å². The number of aromatic nitrogens is 3. The maximum absolute atomic E-state index is 13.0. The number of nitrogens with one attached hydrogen (secondary N) is 2. The highest BCUT2D eigenvalue weighted by Crippen LogP contribution is 2.21. The van der Waals surface area contributed by atoms with E-state index in [1.807, 2.05) is 61.5 Å². The summed E-state index contributed by atoms with van der Waals surface area (Å²) >= 11 is 0. The molecule has 2 aromatic carbocycles. The van der Waals surface area contributed by atoms with E-state index in [4.69, 9.17) is 0 Å². The summed E-state index contributed by atoms with van der Waals surface area (Å²) in [6.07, 6.45) is 7.74. The summed E-state index contributed by atoms with van der Waals surface area (Å²) in [5.74, 6) is 0. The first-order valence-electron chi connectivity index (χ1n) is 10.6. The first kappa shape index (κ1) is 20.6. The standard InChI is InChI=1S/C25H26N4O2/c1-3-4-6-11-19(15-18-9-7-5-8-10-18)16-26-29-24(30)23-22(28-25(29)31)20-14-17(2)12-13-21(20)27-23/h5,7-10,12-16,27H,3-4,6,11H2,1-2H3,(H,28,31)/b19-15+,26-16+. The van der Waals surface area contributed by atoms with Crippen molar-refractivity contribution >= 4 is 34.2 Å². The number of rotatable bonds is 7. The maximum Gasteiger partial charge on any atom is 0.350 e. The second-order valence-electron chi connectivity index (χ2n) is 7.80. The van der Waals surface area contributed by atoms with E-state index < -0.39 is 11.2 Å². The Balaban J connectivity index is 1.76. The molecule has 2 heterocycles. The lowest BCUT2D eigenvalue weighted by atomic mass is 10.1. The molecule has 2 aromatic heterocycles. The SMILES string of the molecule is CCCCCC(/C=N/n1c(=O)[nH]c2c([nH]c3ccc(C)cc32)c1=O)=C\c1ccccc1. The smallest absolute Gasteiger partial charge is 0.349 e. The minimum Gasteiger partial charge on any atom is -0.349 e. The van der Waals surface area contributed by atoms with Crippen LogP contribution in [0.25, 0.3) is 28.0 Å². The van der Waals surface area contributed by atoms with Crippen LogP contribution in [0.3, 0.4) is 0 Å². The van der Waals surface area contributed by atoms with Crippen molar-refractivity contribution in [2.45, 2.75) is 39.5 Å². The zero-order valence-corrected chi connectivity index (χ0v) is 17.8. The summed E-state index contributed by atoms with van der Waals surface area (Å²) in [4.78, 5) is 31.6. The van der Waals surface area contributed by atoms with Gasteiger partial charge in [-0.3, -0.25) is 4.79 Å². The largest absolute Gasteiger partial charge is 0.350 e. The van der Waals surface area contributed by atoms with Gasteiger partial charge in [-0.25, -0.2) is 4.79 Å². The molecule has 0 aliphatic rings. The van der Waals surface area contributed by atoms with Crippen molar-refractivity contribution in [2.75, 3.05) is 0 Å². The third kappa shape index (κ3) is 4.43. The van der Waals surface area contributed by atoms with Crippen LogP contribution in [0.15, 0.2) is 68.8 Å². The number of aromatic amines is 2. The Labute approximate surface area is 179 Å². The molecule has 0 fully saturated rings. The molecule has 0 aliphatic carbocycles. The van der Waals surface area contributed by atoms with E-state index in [9.17, 15) is 9.59 Å². The van der Waals surface area contributed by atoms with Gasteiger partial charge in [-0.2, -0.15) is 5.10 Å². The number of allylic oxidation sites excluding steroid dienone is 1. The molecule has 4 rings (SSSR count). The number of benzene rings is 2. The fourth-order valence-electron chi connectivity index (χ4n) is 3.71. The topological polar surface area (TPSA) is 83.0 Å². The van der Waals surface area contributed by atoms with Gasteiger partial charge < -0.3 is 9.97 Å². The lowest BCUT2D eigenvalue weighted by molar-refractivity contribution is 0.722. The van der Waals surface area contributed by atoms with Crippen molar-refractivity contribution in [2.24, 2.45) is 5.10 Å². The molecule has 0 bridgehead atoms. The Hall–Kier alpha value is -3.67. The molecule has 0 unspecified atom stereocenters. The van der Waals surface area contributed by atoms with Crippen LogP contribution in [-0.4, -0.2) is 20.9 Å². The van der Waals surface area contributed by atoms with Gasteiger partial charge in [0.1, 0.15) is 5.52 Å². The Morgan fingerprint density at radius 3 is 2.61 bits per heavy atom. The second-order valence-corrected chi connectivity index (χ2v) is 7.80. The summed E-state index contributed by atoms with van der Waals surface area (Å²) in [6, 6.07) is 15.8. The highest BCUT2D eigenvalue weighted by Gasteiger charge is 2.12. The Morgan fingerprint density at radius 1 is 1.03 bits per heavy atom. The van der Waals surface area contributed by atoms with Gasteiger partial charge in [-0.05, 0) is 43.0 Å². The number of aryl methyl sites for hydroxylation is 1. The van der Waals surface area contributed by atoms with E-state index in [0.29, 0.717) is 11.0 Å². The summed E-state index contributed by atoms with van der Waals surface area (Å²) in [5, 5.41) is 5.09. The van der Waals surface area contributed by atoms with E-state index in [-0.39, 0.29) is 0 Å². The molecule has 6 nitrogen and oxygen atoms in total. The molecule has 6 heteroatoms. The number of hydrogen-bond donors (Lipinski definition) is 2. The van der Waals surface area contributed by atoms with Crippen LogP contribution in [0, 0.1) is 6.92 Å². The average molecular weight is 415 g/mol. The van der Waals surface area contributed by atoms with Gasteiger partial charge >= 0.3 is 11.2 Å². The van der Waals surface area contributed by atoms with E-state index in [1.54, 1.807) is 6.21 Å². The molecule has 4 aromatic rings. The number of nitrogens with zero attached hydrogens (tertiary/aromatic N) is 2. The zero-order valence-electron chi connectivity index (χ0n) is 17.8. The van der Waals surface area contributed by atoms with E-state index in [2.05, 4.69) is 22.0 Å². The lowest BCUT2D eigenvalue weighted by Gasteiger charge is -2.03. The molecule has 0 saturated carbocycles. The molecule has 0 spiro atoms. The molecule has 0 saturated heterocycles. The van der Waals surface area contributed by atoms with Crippen LogP contribution in [0.4, 0.5) is 0 Å². The Bertz CT molecular complexity index is 1390. The van der Waals surface area contributed by atoms with Crippen LogP contribution in [-0.2, 0) is 0 Å². The summed E-state index contributed by atoms with van der Waals surface area (Å²) in [6.45, 7) is 4.13. The highest BCUT2D eigenvalue weighted by atomic mass is 16.2. The minimum atomic E-state index is -0.552. The van der Waals surface area contributed by atoms with Crippen molar-refractivity contribution < 1.29 is 0 Å². The summed E-state index contributed by atoms with van der Waals surface area (Å²) in [5.41, 5.74) is 3.74. The molecule has 0 amide bonds. The lowest BCUT2D eigenvalue weighted by Crippen LogP contribution is -2.32. The van der Waals surface area contributed by atoms with Crippen molar-refractivity contribution in [1.82, 2.24) is 14.6 Å². The van der Waals surface area contributed by atoms with Gasteiger partial charge in [0, 0.05) is 10.9 Å². The first-order chi connectivity index (χ1) is 15.1. The molecular weight excluding hydrogens is 388 g/mol. The van der Waals surface area contributed by atoms with E-state index in [0.717, 1.165) is 58.0 Å². The van der Waals surface area contributed by atoms with Crippen LogP contribution >= 0.6 is 0 Å². The molecule has 158 valence electrons. The third-order valence-corrected chi connectivity index (χ3v) is 5.34. The summed E-state index contributed by atoms with van der Waals surface area (Å²) < 4.78 is 0.892. The van der Waals surface area contributed by atoms with E-state index >= 15 is 0 Å². The zero-order chi connectivity index (χ0) is 21.8. The predicted molar refractivity (Wildman–Crippen MR) is 128 cm³/mol. The molecule has 31 heavy (non-hydrogen) atoms. The quantitative estimate of drug-likeness (QED) is 0.330. The van der Waals surface area contributed by atoms with Crippen molar-refractivity contribution in [3.8, 4) is 0 Å². The number of hydrogen-bond acceptors (Lipinski definition) is 3. The minimum absolute atomic E-state index is 0.344. The van der Waals surface area contributed by atoms with Crippen molar-refractivity contribution in [3.63, 3.8) is 0 Å². The Morgan fingerprint density at radius 2 is 1.84 bits per heavy atom. The molecule has 0 atom stereocenters. The van der Waals surface area contributed by atoms with E-state index in [1.165, 1.54) is 0 Å². The second kappa shape index (κ2) is 9.00. The van der Waals surface area contributed by atoms with Crippen molar-refractivity contribution in [3.05, 3.63) is 86.1 Å². The highest BCUT2D eigenvalue weighted by molar-refractivity contribution is 6.04. The van der Waals surface area contributed by atoms with Crippen LogP contribution < -0.4 is 11.2 Å². The molecule has 0 aliphatic heterocycles. The van der Waals surface area contributed by atoms with Crippen LogP contribution in [0.1, 0.15) is 43.7 Å². The normalized spacial score (nSPS) is 12.4. The fraction of sp³-hybridized carbons (Fsp3) is 0.240. The van der Waals surface area contributed by atoms with Crippen LogP contribution in [0.2, 0.25) is 0 Å². The van der Waals surface area contributed by atoms with Crippen molar-refractivity contribution in [1.29, 1.82) is 0 Å². The van der Waals surface area contributed by atoms with Crippen LogP contribution in [0.5, 0.6) is 0 Å². The molecule has 2 N–H and O–H groups in total. The Kier molecular flexibility index (Phi) is 5.98. The van der Waals surface area contributed by atoms with Gasteiger partial charge in [0.2, 0.25) is 0 Å². The maximum atomic E-state index is 13.0. The predicted octanol–water partition coefficient (Wildman–Crippen LogP) is 4.98. The third-order valence-electron chi connectivity index (χ3n) is 5.34. The number of unbranched alkanes of at least 4 members (excludes halogenated alkanes) is 2.